The molecule has 0 aromatic heterocycles. The molecule has 1 aliphatic rings. The summed E-state index contributed by atoms with van der Waals surface area (Å²) in [6.45, 7) is 6.75. The number of amides is 2. The molecule has 54 heavy (non-hydrogen) atoms. The lowest BCUT2D eigenvalue weighted by Crippen LogP contribution is -2.46. The lowest BCUT2D eigenvalue weighted by molar-refractivity contribution is -0.882. The topological polar surface area (TPSA) is 92.3 Å². The van der Waals surface area contributed by atoms with Gasteiger partial charge in [0, 0.05) is 11.1 Å². The van der Waals surface area contributed by atoms with Crippen LogP contribution < -0.4 is 10.6 Å². The van der Waals surface area contributed by atoms with E-state index in [2.05, 4.69) is 52.7 Å². The molecule has 3 rings (SSSR count). The third kappa shape index (κ3) is 15.4. The first-order valence-electron chi connectivity index (χ1n) is 21.5. The molecule has 0 atom stereocenters. The number of anilines is 2. The lowest BCUT2D eigenvalue weighted by atomic mass is 9.82. The van der Waals surface area contributed by atoms with Gasteiger partial charge in [0.1, 0.15) is 0 Å². The van der Waals surface area contributed by atoms with E-state index in [9.17, 15) is 19.2 Å². The van der Waals surface area contributed by atoms with Crippen molar-refractivity contribution in [2.45, 2.75) is 142 Å². The van der Waals surface area contributed by atoms with Gasteiger partial charge in [-0.05, 0) is 37.8 Å². The number of nitrogens with zero attached hydrogens (tertiary/aromatic N) is 2. The van der Waals surface area contributed by atoms with Crippen LogP contribution >= 0.6 is 0 Å². The van der Waals surface area contributed by atoms with E-state index in [0.29, 0.717) is 31.5 Å². The fraction of sp³-hybridized carbons (Fsp3) is 0.652. The van der Waals surface area contributed by atoms with Crippen molar-refractivity contribution in [3.8, 4) is 0 Å². The Kier molecular flexibility index (Phi) is 19.6. The maximum atomic E-state index is 14.0. The molecule has 8 heteroatoms. The summed E-state index contributed by atoms with van der Waals surface area (Å²) in [6.07, 6.45) is 25.3. The molecule has 0 bridgehead atoms. The summed E-state index contributed by atoms with van der Waals surface area (Å²) in [5, 5.41) is 5.95. The van der Waals surface area contributed by atoms with Gasteiger partial charge in [-0.2, -0.15) is 0 Å². The van der Waals surface area contributed by atoms with Crippen LogP contribution in [0.1, 0.15) is 174 Å². The SMILES string of the molecule is CCCCCCCCCCCC[N+](C)(C)CC(=O)Nc1ccc(NC(=O)C[N+](C)(C)CCCCCCCCCCCC)c2c1C(=O)c1ccccc1C2=O. The Morgan fingerprint density at radius 3 is 1.07 bits per heavy atom. The number of quaternary nitrogens is 2. The van der Waals surface area contributed by atoms with Crippen molar-refractivity contribution in [3.05, 3.63) is 58.7 Å². The molecule has 2 aromatic rings. The number of benzene rings is 2. The van der Waals surface area contributed by atoms with Crippen LogP contribution in [0, 0.1) is 0 Å². The summed E-state index contributed by atoms with van der Waals surface area (Å²) >= 11 is 0. The van der Waals surface area contributed by atoms with Crippen LogP contribution in [0.5, 0.6) is 0 Å². The molecule has 0 unspecified atom stereocenters. The highest BCUT2D eigenvalue weighted by Gasteiger charge is 2.35. The van der Waals surface area contributed by atoms with Crippen molar-refractivity contribution in [3.63, 3.8) is 0 Å². The van der Waals surface area contributed by atoms with Gasteiger partial charge < -0.3 is 19.6 Å². The van der Waals surface area contributed by atoms with Crippen LogP contribution in [0.2, 0.25) is 0 Å². The fourth-order valence-electron chi connectivity index (χ4n) is 7.80. The van der Waals surface area contributed by atoms with E-state index in [4.69, 9.17) is 0 Å². The Morgan fingerprint density at radius 1 is 0.463 bits per heavy atom. The van der Waals surface area contributed by atoms with E-state index >= 15 is 0 Å². The van der Waals surface area contributed by atoms with Crippen LogP contribution in [0.15, 0.2) is 36.4 Å². The lowest BCUT2D eigenvalue weighted by Gasteiger charge is -2.30. The third-order valence-electron chi connectivity index (χ3n) is 11.0. The molecule has 0 aliphatic heterocycles. The fourth-order valence-corrected chi connectivity index (χ4v) is 7.80. The zero-order valence-corrected chi connectivity index (χ0v) is 35.0. The van der Waals surface area contributed by atoms with Crippen molar-refractivity contribution in [1.29, 1.82) is 0 Å². The first kappa shape index (κ1) is 45.0. The average Bonchev–Trinajstić information content (AvgIpc) is 3.12. The number of rotatable bonds is 28. The summed E-state index contributed by atoms with van der Waals surface area (Å²) in [4.78, 5) is 54.9. The second kappa shape index (κ2) is 23.5. The maximum Gasteiger partial charge on any atom is 0.279 e. The van der Waals surface area contributed by atoms with Gasteiger partial charge in [-0.25, -0.2) is 0 Å². The average molecular weight is 747 g/mol. The minimum atomic E-state index is -0.331. The van der Waals surface area contributed by atoms with Gasteiger partial charge in [0.25, 0.3) is 11.8 Å². The van der Waals surface area contributed by atoms with Crippen LogP contribution in [0.25, 0.3) is 0 Å². The van der Waals surface area contributed by atoms with Crippen molar-refractivity contribution in [2.75, 3.05) is 65.0 Å². The number of ketones is 2. The van der Waals surface area contributed by atoms with E-state index in [0.717, 1.165) is 38.8 Å². The van der Waals surface area contributed by atoms with Gasteiger partial charge in [-0.3, -0.25) is 19.2 Å². The minimum absolute atomic E-state index is 0.143. The smallest absolute Gasteiger partial charge is 0.279 e. The van der Waals surface area contributed by atoms with Gasteiger partial charge >= 0.3 is 0 Å². The molecule has 2 N–H and O–H groups in total. The summed E-state index contributed by atoms with van der Waals surface area (Å²) in [5.41, 5.74) is 1.50. The standard InChI is InChI=1S/C46H72N4O4/c1-7-9-11-13-15-17-19-21-23-27-33-49(3,4)35-41(51)47-39-31-32-40(44-43(39)45(53)37-29-25-26-30-38(37)46(44)54)48-42(52)36-50(5,6)34-28-24-22-20-18-16-14-12-10-8-2/h25-26,29-32H,7-24,27-28,33-36H2,1-6H3/p+2. The Hall–Kier alpha value is -3.36. The second-order valence-corrected chi connectivity index (χ2v) is 17.2. The number of carbonyl (C=O) groups is 4. The number of hydrogen-bond donors (Lipinski definition) is 2. The predicted molar refractivity (Wildman–Crippen MR) is 224 cm³/mol. The highest BCUT2D eigenvalue weighted by molar-refractivity contribution is 6.32. The Labute approximate surface area is 328 Å². The molecule has 2 amide bonds. The minimum Gasteiger partial charge on any atom is -0.321 e. The van der Waals surface area contributed by atoms with Crippen molar-refractivity contribution < 1.29 is 28.1 Å². The number of nitrogens with one attached hydrogen (secondary N) is 2. The van der Waals surface area contributed by atoms with Crippen LogP contribution in [-0.4, -0.2) is 86.7 Å². The molecule has 1 aliphatic carbocycles. The molecule has 0 fully saturated rings. The largest absolute Gasteiger partial charge is 0.321 e. The Balaban J connectivity index is 1.59. The summed E-state index contributed by atoms with van der Waals surface area (Å²) < 4.78 is 1.06. The van der Waals surface area contributed by atoms with Gasteiger partial charge in [0.15, 0.2) is 24.7 Å². The van der Waals surface area contributed by atoms with Crippen molar-refractivity contribution in [1.82, 2.24) is 0 Å². The van der Waals surface area contributed by atoms with Crippen LogP contribution in [-0.2, 0) is 9.59 Å². The van der Waals surface area contributed by atoms with E-state index in [1.165, 1.54) is 103 Å². The number of unbranched alkanes of at least 4 members (excludes halogenated alkanes) is 18. The van der Waals surface area contributed by atoms with Crippen LogP contribution in [0.4, 0.5) is 11.4 Å². The quantitative estimate of drug-likeness (QED) is 0.0572. The third-order valence-corrected chi connectivity index (χ3v) is 11.0. The molecule has 2 aromatic carbocycles. The summed E-state index contributed by atoms with van der Waals surface area (Å²) in [5.74, 6) is -1.09. The first-order chi connectivity index (χ1) is 25.9. The predicted octanol–water partition coefficient (Wildman–Crippen LogP) is 10.3. The molecule has 8 nitrogen and oxygen atoms in total. The summed E-state index contributed by atoms with van der Waals surface area (Å²) in [6, 6.07) is 10.1. The number of fused-ring (bicyclic) bond motifs is 2. The molecule has 0 saturated heterocycles. The molecule has 0 heterocycles. The van der Waals surface area contributed by atoms with Crippen LogP contribution in [0.3, 0.4) is 0 Å². The van der Waals surface area contributed by atoms with Gasteiger partial charge in [-0.15, -0.1) is 0 Å². The van der Waals surface area contributed by atoms with E-state index in [1.807, 2.05) is 0 Å². The second-order valence-electron chi connectivity index (χ2n) is 17.2. The van der Waals surface area contributed by atoms with Gasteiger partial charge in [0.2, 0.25) is 0 Å². The first-order valence-corrected chi connectivity index (χ1v) is 21.5. The normalized spacial score (nSPS) is 12.8. The number of hydrogen-bond acceptors (Lipinski definition) is 4. The molecule has 0 spiro atoms. The molecule has 0 radical (unpaired) electrons. The van der Waals surface area contributed by atoms with E-state index in [1.54, 1.807) is 36.4 Å². The Bertz CT molecular complexity index is 1390. The van der Waals surface area contributed by atoms with E-state index in [-0.39, 0.29) is 47.6 Å². The zero-order valence-electron chi connectivity index (χ0n) is 35.0. The monoisotopic (exact) mass is 747 g/mol. The van der Waals surface area contributed by atoms with Gasteiger partial charge in [-0.1, -0.05) is 141 Å². The van der Waals surface area contributed by atoms with Crippen molar-refractivity contribution in [2.24, 2.45) is 0 Å². The number of carbonyl (C=O) groups excluding carboxylic acids is 4. The number of likely N-dealkylation sites (N-methyl/N-ethyl adjacent to an activating group) is 2. The molecule has 300 valence electrons. The Morgan fingerprint density at radius 2 is 0.759 bits per heavy atom. The molecular formula is C46H74N4O4+2. The highest BCUT2D eigenvalue weighted by atomic mass is 16.2. The highest BCUT2D eigenvalue weighted by Crippen LogP contribution is 2.36. The maximum absolute atomic E-state index is 14.0. The van der Waals surface area contributed by atoms with Gasteiger partial charge in [0.05, 0.1) is 63.8 Å². The zero-order chi connectivity index (χ0) is 39.4. The molecular weight excluding hydrogens is 673 g/mol. The summed E-state index contributed by atoms with van der Waals surface area (Å²) in [7, 11) is 8.23. The molecule has 0 saturated carbocycles. The van der Waals surface area contributed by atoms with E-state index < -0.39 is 0 Å². The van der Waals surface area contributed by atoms with Crippen molar-refractivity contribution >= 4 is 34.8 Å².